The highest BCUT2D eigenvalue weighted by molar-refractivity contribution is 7.13. The molecule has 0 fully saturated rings. The molecule has 1 aromatic carbocycles. The number of hydrogen-bond acceptors (Lipinski definition) is 1. The van der Waals surface area contributed by atoms with Crippen molar-refractivity contribution < 1.29 is 4.40 Å². The summed E-state index contributed by atoms with van der Waals surface area (Å²) in [5, 5.41) is 2.12. The van der Waals surface area contributed by atoms with Gasteiger partial charge in [-0.3, -0.25) is 0 Å². The van der Waals surface area contributed by atoms with Crippen LogP contribution >= 0.6 is 11.3 Å². The van der Waals surface area contributed by atoms with E-state index in [0.717, 1.165) is 0 Å². The molecule has 0 unspecified atom stereocenters. The van der Waals surface area contributed by atoms with Gasteiger partial charge >= 0.3 is 0 Å². The van der Waals surface area contributed by atoms with Crippen molar-refractivity contribution in [2.24, 2.45) is 0 Å². The minimum Gasteiger partial charge on any atom is -0.202 e. The summed E-state index contributed by atoms with van der Waals surface area (Å²) in [5.41, 5.74) is 3.57. The van der Waals surface area contributed by atoms with Crippen LogP contribution in [0.1, 0.15) is 0 Å². The van der Waals surface area contributed by atoms with Gasteiger partial charge in [0.1, 0.15) is 11.9 Å². The lowest BCUT2D eigenvalue weighted by Gasteiger charge is -2.00. The summed E-state index contributed by atoms with van der Waals surface area (Å²) < 4.78 is 4.47. The van der Waals surface area contributed by atoms with E-state index in [0.29, 0.717) is 0 Å². The van der Waals surface area contributed by atoms with Gasteiger partial charge in [-0.05, 0) is 29.6 Å². The lowest BCUT2D eigenvalue weighted by molar-refractivity contribution is -0.510. The maximum absolute atomic E-state index is 2.30. The van der Waals surface area contributed by atoms with Crippen LogP contribution in [0.4, 0.5) is 0 Å². The zero-order valence-corrected chi connectivity index (χ0v) is 11.6. The fraction of sp³-hybridized carbons (Fsp3) is 0. The third-order valence-corrected chi connectivity index (χ3v) is 4.28. The van der Waals surface area contributed by atoms with E-state index in [1.807, 2.05) is 6.07 Å². The Hall–Kier alpha value is -2.39. The summed E-state index contributed by atoms with van der Waals surface area (Å²) in [7, 11) is 0. The van der Waals surface area contributed by atoms with Gasteiger partial charge in [-0.2, -0.15) is 4.57 Å². The first kappa shape index (κ1) is 11.4. The van der Waals surface area contributed by atoms with Crippen molar-refractivity contribution in [1.82, 2.24) is 4.57 Å². The van der Waals surface area contributed by atoms with Crippen LogP contribution in [0.5, 0.6) is 0 Å². The highest BCUT2D eigenvalue weighted by atomic mass is 32.1. The van der Waals surface area contributed by atoms with E-state index in [1.54, 1.807) is 11.3 Å². The topological polar surface area (TPSA) is 9.03 Å². The molecule has 0 saturated carbocycles. The molecule has 0 aliphatic heterocycles. The highest BCUT2D eigenvalue weighted by Gasteiger charge is 2.20. The quantitative estimate of drug-likeness (QED) is 0.491. The zero-order chi connectivity index (χ0) is 13.4. The van der Waals surface area contributed by atoms with Gasteiger partial charge in [0.25, 0.3) is 5.65 Å². The van der Waals surface area contributed by atoms with Gasteiger partial charge in [0, 0.05) is 6.07 Å². The Morgan fingerprint density at radius 2 is 1.70 bits per heavy atom. The number of nitrogens with zero attached hydrogens (tertiary/aromatic N) is 2. The number of pyridine rings is 1. The summed E-state index contributed by atoms with van der Waals surface area (Å²) in [6.07, 6.45) is 4.28. The molecule has 0 atom stereocenters. The van der Waals surface area contributed by atoms with Crippen molar-refractivity contribution in [3.8, 4) is 16.3 Å². The smallest absolute Gasteiger partial charge is 0.202 e. The molecule has 0 amide bonds. The van der Waals surface area contributed by atoms with Gasteiger partial charge in [0.15, 0.2) is 5.69 Å². The maximum atomic E-state index is 2.30. The molecule has 0 saturated heterocycles. The van der Waals surface area contributed by atoms with Gasteiger partial charge in [0.2, 0.25) is 0 Å². The van der Waals surface area contributed by atoms with Gasteiger partial charge in [-0.15, -0.1) is 11.3 Å². The summed E-state index contributed by atoms with van der Waals surface area (Å²) in [4.78, 5) is 1.28. The molecule has 0 aliphatic rings. The number of aromatic nitrogens is 2. The standard InChI is InChI=1S/C17H13N2S/c1-2-7-14(8-3-1)19-15(16-9-6-12-20-16)13-18-11-5-4-10-17(18)19/h1-13H/q+1. The Labute approximate surface area is 121 Å². The number of benzene rings is 1. The maximum Gasteiger partial charge on any atom is 0.291 e. The highest BCUT2D eigenvalue weighted by Crippen LogP contribution is 2.28. The summed E-state index contributed by atoms with van der Waals surface area (Å²) in [5.74, 6) is 0. The molecular weight excluding hydrogens is 264 g/mol. The molecule has 4 aromatic rings. The van der Waals surface area contributed by atoms with Crippen LogP contribution in [0, 0.1) is 0 Å². The average molecular weight is 277 g/mol. The van der Waals surface area contributed by atoms with Crippen molar-refractivity contribution in [3.05, 3.63) is 78.4 Å². The van der Waals surface area contributed by atoms with Crippen LogP contribution in [-0.4, -0.2) is 4.57 Å². The van der Waals surface area contributed by atoms with Gasteiger partial charge in [-0.25, -0.2) is 4.40 Å². The minimum atomic E-state index is 1.17. The third-order valence-electron chi connectivity index (χ3n) is 3.39. The van der Waals surface area contributed by atoms with Gasteiger partial charge < -0.3 is 0 Å². The van der Waals surface area contributed by atoms with Gasteiger partial charge in [-0.1, -0.05) is 30.3 Å². The Bertz CT molecular complexity index is 845. The summed E-state index contributed by atoms with van der Waals surface area (Å²) in [6.45, 7) is 0. The molecule has 0 spiro atoms. The fourth-order valence-electron chi connectivity index (χ4n) is 2.51. The Kier molecular flexibility index (Phi) is 2.64. The summed E-state index contributed by atoms with van der Waals surface area (Å²) in [6, 6.07) is 21.0. The lowest BCUT2D eigenvalue weighted by Crippen LogP contribution is -2.17. The second-order valence-corrected chi connectivity index (χ2v) is 5.58. The van der Waals surface area contributed by atoms with Gasteiger partial charge in [0.05, 0.1) is 11.1 Å². The van der Waals surface area contributed by atoms with Crippen molar-refractivity contribution >= 4 is 17.0 Å². The normalized spacial score (nSPS) is 11.0. The number of fused-ring (bicyclic) bond motifs is 1. The van der Waals surface area contributed by atoms with Crippen LogP contribution in [0.3, 0.4) is 0 Å². The first-order valence-electron chi connectivity index (χ1n) is 6.54. The molecule has 4 rings (SSSR count). The molecule has 0 aliphatic carbocycles. The number of rotatable bonds is 2. The predicted octanol–water partition coefficient (Wildman–Crippen LogP) is 3.94. The van der Waals surface area contributed by atoms with Crippen LogP contribution < -0.4 is 4.40 Å². The number of para-hydroxylation sites is 1. The van der Waals surface area contributed by atoms with Crippen LogP contribution in [0.25, 0.3) is 21.9 Å². The van der Waals surface area contributed by atoms with E-state index in [-0.39, 0.29) is 0 Å². The minimum absolute atomic E-state index is 1.17. The number of thiophene rings is 1. The molecule has 2 nitrogen and oxygen atoms in total. The molecule has 3 heterocycles. The Morgan fingerprint density at radius 1 is 0.850 bits per heavy atom. The van der Waals surface area contributed by atoms with E-state index >= 15 is 0 Å². The van der Waals surface area contributed by atoms with Crippen LogP contribution in [-0.2, 0) is 0 Å². The third kappa shape index (κ3) is 1.75. The molecule has 96 valence electrons. The predicted molar refractivity (Wildman–Crippen MR) is 82.2 cm³/mol. The molecule has 0 radical (unpaired) electrons. The monoisotopic (exact) mass is 277 g/mol. The molecule has 20 heavy (non-hydrogen) atoms. The number of hydrogen-bond donors (Lipinski definition) is 0. The first-order valence-corrected chi connectivity index (χ1v) is 7.42. The second kappa shape index (κ2) is 4.62. The lowest BCUT2D eigenvalue weighted by atomic mass is 10.3. The molecule has 3 aromatic heterocycles. The van der Waals surface area contributed by atoms with Crippen molar-refractivity contribution in [2.75, 3.05) is 0 Å². The van der Waals surface area contributed by atoms with E-state index in [9.17, 15) is 0 Å². The van der Waals surface area contributed by atoms with Crippen LogP contribution in [0.15, 0.2) is 78.4 Å². The summed E-state index contributed by atoms with van der Waals surface area (Å²) >= 11 is 1.77. The second-order valence-electron chi connectivity index (χ2n) is 4.63. The van der Waals surface area contributed by atoms with E-state index < -0.39 is 0 Å². The molecule has 0 N–H and O–H groups in total. The van der Waals surface area contributed by atoms with E-state index in [4.69, 9.17) is 0 Å². The average Bonchev–Trinajstić information content (AvgIpc) is 3.15. The molecular formula is C17H13N2S+. The number of imidazole rings is 1. The SMILES string of the molecule is c1ccc(-n2c(-c3cccs3)c[n+]3ccccc23)cc1. The molecule has 0 bridgehead atoms. The van der Waals surface area contributed by atoms with Crippen LogP contribution in [0.2, 0.25) is 0 Å². The zero-order valence-electron chi connectivity index (χ0n) is 10.8. The van der Waals surface area contributed by atoms with Crippen molar-refractivity contribution in [2.45, 2.75) is 0 Å². The van der Waals surface area contributed by atoms with Crippen molar-refractivity contribution in [1.29, 1.82) is 0 Å². The van der Waals surface area contributed by atoms with Crippen molar-refractivity contribution in [3.63, 3.8) is 0 Å². The Balaban J connectivity index is 2.09. The Morgan fingerprint density at radius 3 is 2.50 bits per heavy atom. The molecule has 3 heteroatoms. The fourth-order valence-corrected chi connectivity index (χ4v) is 3.23. The first-order chi connectivity index (χ1) is 9.93. The van der Waals surface area contributed by atoms with E-state index in [2.05, 4.69) is 81.3 Å². The van der Waals surface area contributed by atoms with E-state index in [1.165, 1.54) is 21.9 Å². The largest absolute Gasteiger partial charge is 0.291 e.